The highest BCUT2D eigenvalue weighted by Gasteiger charge is 2.15. The van der Waals surface area contributed by atoms with Crippen LogP contribution in [0, 0.1) is 0 Å². The first-order chi connectivity index (χ1) is 10.4. The van der Waals surface area contributed by atoms with Crippen LogP contribution in [0.3, 0.4) is 0 Å². The molecule has 0 saturated carbocycles. The largest absolute Gasteiger partial charge is 0.349 e. The van der Waals surface area contributed by atoms with Gasteiger partial charge in [-0.1, -0.05) is 75.4 Å². The van der Waals surface area contributed by atoms with E-state index in [0.29, 0.717) is 0 Å². The van der Waals surface area contributed by atoms with E-state index in [-0.39, 0.29) is 5.41 Å². The van der Waals surface area contributed by atoms with Crippen LogP contribution in [-0.2, 0) is 5.41 Å². The maximum Gasteiger partial charge on any atom is 0.0903 e. The standard InChI is InChI=1S/C20H20BrN/c1-20(2,3)16-11-8-14(9-12-16)17-13-10-15-6-4-5-7-18(15)22-19(17)21/h4-13,22H,1-3H3. The van der Waals surface area contributed by atoms with Gasteiger partial charge in [-0.15, -0.1) is 0 Å². The highest BCUT2D eigenvalue weighted by Crippen LogP contribution is 2.32. The summed E-state index contributed by atoms with van der Waals surface area (Å²) in [6.45, 7) is 6.71. The van der Waals surface area contributed by atoms with Crippen molar-refractivity contribution < 1.29 is 0 Å². The lowest BCUT2D eigenvalue weighted by Gasteiger charge is -2.19. The Hall–Kier alpha value is -1.80. The predicted octanol–water partition coefficient (Wildman–Crippen LogP) is 6.19. The van der Waals surface area contributed by atoms with E-state index >= 15 is 0 Å². The van der Waals surface area contributed by atoms with E-state index in [1.807, 2.05) is 6.07 Å². The number of para-hydroxylation sites is 1. The fourth-order valence-corrected chi connectivity index (χ4v) is 3.14. The van der Waals surface area contributed by atoms with Gasteiger partial charge in [-0.3, -0.25) is 0 Å². The first-order valence-corrected chi connectivity index (χ1v) is 8.29. The molecule has 1 aliphatic rings. The van der Waals surface area contributed by atoms with Gasteiger partial charge in [0.05, 0.1) is 4.61 Å². The monoisotopic (exact) mass is 353 g/mol. The lowest BCUT2D eigenvalue weighted by atomic mass is 9.86. The molecule has 1 heterocycles. The molecule has 2 aromatic carbocycles. The Bertz CT molecular complexity index is 746. The van der Waals surface area contributed by atoms with Crippen LogP contribution in [0.25, 0.3) is 11.6 Å². The zero-order chi connectivity index (χ0) is 15.7. The number of hydrogen-bond acceptors (Lipinski definition) is 1. The molecule has 1 aliphatic heterocycles. The molecule has 0 saturated heterocycles. The van der Waals surface area contributed by atoms with Gasteiger partial charge >= 0.3 is 0 Å². The van der Waals surface area contributed by atoms with Gasteiger partial charge in [0.1, 0.15) is 0 Å². The molecule has 0 radical (unpaired) electrons. The van der Waals surface area contributed by atoms with Crippen molar-refractivity contribution in [2.75, 3.05) is 5.32 Å². The molecule has 1 N–H and O–H groups in total. The van der Waals surface area contributed by atoms with E-state index in [1.165, 1.54) is 16.7 Å². The molecule has 0 spiro atoms. The van der Waals surface area contributed by atoms with Crippen LogP contribution in [0.15, 0.2) is 59.2 Å². The van der Waals surface area contributed by atoms with Gasteiger partial charge in [0.2, 0.25) is 0 Å². The number of fused-ring (bicyclic) bond motifs is 1. The van der Waals surface area contributed by atoms with E-state index < -0.39 is 0 Å². The first-order valence-electron chi connectivity index (χ1n) is 7.50. The summed E-state index contributed by atoms with van der Waals surface area (Å²) in [4.78, 5) is 0. The average Bonchev–Trinajstić information content (AvgIpc) is 2.65. The second kappa shape index (κ2) is 5.77. The molecule has 0 atom stereocenters. The van der Waals surface area contributed by atoms with Crippen molar-refractivity contribution in [3.8, 4) is 0 Å². The number of allylic oxidation sites excluding steroid dienone is 2. The third kappa shape index (κ3) is 3.02. The van der Waals surface area contributed by atoms with Gasteiger partial charge < -0.3 is 5.32 Å². The molecule has 0 fully saturated rings. The number of anilines is 1. The zero-order valence-electron chi connectivity index (χ0n) is 13.2. The van der Waals surface area contributed by atoms with Crippen LogP contribution in [-0.4, -0.2) is 0 Å². The Morgan fingerprint density at radius 1 is 0.864 bits per heavy atom. The second-order valence-corrected chi connectivity index (χ2v) is 7.39. The summed E-state index contributed by atoms with van der Waals surface area (Å²) in [6, 6.07) is 17.1. The minimum absolute atomic E-state index is 0.178. The SMILES string of the molecule is CC(C)(C)c1ccc(C2=C(Br)Nc3ccccc3C=C2)cc1. The lowest BCUT2D eigenvalue weighted by Crippen LogP contribution is -2.10. The molecule has 0 bridgehead atoms. The highest BCUT2D eigenvalue weighted by atomic mass is 79.9. The molecule has 0 aromatic heterocycles. The fourth-order valence-electron chi connectivity index (χ4n) is 2.56. The Morgan fingerprint density at radius 3 is 2.23 bits per heavy atom. The molecule has 112 valence electrons. The average molecular weight is 354 g/mol. The van der Waals surface area contributed by atoms with Crippen LogP contribution in [0.2, 0.25) is 0 Å². The number of halogens is 1. The van der Waals surface area contributed by atoms with E-state index in [4.69, 9.17) is 0 Å². The van der Waals surface area contributed by atoms with Gasteiger partial charge in [0, 0.05) is 11.3 Å². The summed E-state index contributed by atoms with van der Waals surface area (Å²) in [6.07, 6.45) is 4.32. The summed E-state index contributed by atoms with van der Waals surface area (Å²) in [7, 11) is 0. The zero-order valence-corrected chi connectivity index (χ0v) is 14.7. The third-order valence-corrected chi connectivity index (χ3v) is 4.56. The van der Waals surface area contributed by atoms with Gasteiger partial charge in [-0.05, 0) is 44.1 Å². The van der Waals surface area contributed by atoms with E-state index in [9.17, 15) is 0 Å². The van der Waals surface area contributed by atoms with Crippen LogP contribution in [0.4, 0.5) is 5.69 Å². The molecular formula is C20H20BrN. The van der Waals surface area contributed by atoms with Crippen LogP contribution in [0.1, 0.15) is 37.5 Å². The van der Waals surface area contributed by atoms with Crippen LogP contribution in [0.5, 0.6) is 0 Å². The van der Waals surface area contributed by atoms with Gasteiger partial charge in [0.15, 0.2) is 0 Å². The maximum atomic E-state index is 3.69. The highest BCUT2D eigenvalue weighted by molar-refractivity contribution is 9.12. The molecule has 0 unspecified atom stereocenters. The third-order valence-electron chi connectivity index (χ3n) is 3.93. The quantitative estimate of drug-likeness (QED) is 0.603. The molecule has 2 heteroatoms. The van der Waals surface area contributed by atoms with Crippen molar-refractivity contribution >= 4 is 33.3 Å². The lowest BCUT2D eigenvalue weighted by molar-refractivity contribution is 0.590. The van der Waals surface area contributed by atoms with Crippen molar-refractivity contribution in [1.82, 2.24) is 0 Å². The Labute approximate surface area is 140 Å². The minimum Gasteiger partial charge on any atom is -0.349 e. The Balaban J connectivity index is 1.98. The van der Waals surface area contributed by atoms with E-state index in [0.717, 1.165) is 15.9 Å². The van der Waals surface area contributed by atoms with Crippen molar-refractivity contribution in [2.24, 2.45) is 0 Å². The summed E-state index contributed by atoms with van der Waals surface area (Å²) in [5.74, 6) is 0. The number of hydrogen-bond donors (Lipinski definition) is 1. The normalized spacial score (nSPS) is 14.4. The molecule has 2 aromatic rings. The van der Waals surface area contributed by atoms with Crippen LogP contribution >= 0.6 is 15.9 Å². The van der Waals surface area contributed by atoms with Gasteiger partial charge in [0.25, 0.3) is 0 Å². The smallest absolute Gasteiger partial charge is 0.0903 e. The van der Waals surface area contributed by atoms with Gasteiger partial charge in [-0.2, -0.15) is 0 Å². The maximum absolute atomic E-state index is 3.69. The van der Waals surface area contributed by atoms with E-state index in [2.05, 4.69) is 96.6 Å². The van der Waals surface area contributed by atoms with Gasteiger partial charge in [-0.25, -0.2) is 0 Å². The Morgan fingerprint density at radius 2 is 1.55 bits per heavy atom. The van der Waals surface area contributed by atoms with E-state index in [1.54, 1.807) is 0 Å². The first kappa shape index (κ1) is 15.1. The van der Waals surface area contributed by atoms with Crippen molar-refractivity contribution in [3.05, 3.63) is 75.9 Å². The fraction of sp³-hybridized carbons (Fsp3) is 0.200. The number of benzene rings is 2. The molecule has 0 amide bonds. The van der Waals surface area contributed by atoms with Crippen LogP contribution < -0.4 is 5.32 Å². The molecule has 0 aliphatic carbocycles. The summed E-state index contributed by atoms with van der Waals surface area (Å²) in [5, 5.41) is 3.45. The van der Waals surface area contributed by atoms with Crippen molar-refractivity contribution in [2.45, 2.75) is 26.2 Å². The molecule has 3 rings (SSSR count). The molecule has 1 nitrogen and oxygen atoms in total. The summed E-state index contributed by atoms with van der Waals surface area (Å²) < 4.78 is 0.997. The summed E-state index contributed by atoms with van der Waals surface area (Å²) >= 11 is 3.69. The van der Waals surface area contributed by atoms with Crippen molar-refractivity contribution in [3.63, 3.8) is 0 Å². The molecular weight excluding hydrogens is 334 g/mol. The predicted molar refractivity (Wildman–Crippen MR) is 100 cm³/mol. The van der Waals surface area contributed by atoms with Crippen molar-refractivity contribution in [1.29, 1.82) is 0 Å². The topological polar surface area (TPSA) is 12.0 Å². The second-order valence-electron chi connectivity index (χ2n) is 6.60. The Kier molecular flexibility index (Phi) is 3.96. The minimum atomic E-state index is 0.178. The number of rotatable bonds is 1. The molecule has 22 heavy (non-hydrogen) atoms. The number of nitrogens with one attached hydrogen (secondary N) is 1. The summed E-state index contributed by atoms with van der Waals surface area (Å²) in [5.41, 5.74) is 6.21.